The Balaban J connectivity index is 2.61. The quantitative estimate of drug-likeness (QED) is 0.262. The summed E-state index contributed by atoms with van der Waals surface area (Å²) in [6.07, 6.45) is 2.10. The molecule has 27 heavy (non-hydrogen) atoms. The summed E-state index contributed by atoms with van der Waals surface area (Å²) in [5.41, 5.74) is 0. The molecule has 154 valence electrons. The molecule has 10 nitrogen and oxygen atoms in total. The van der Waals surface area contributed by atoms with Gasteiger partial charge in [-0.2, -0.15) is 0 Å². The molecule has 1 fully saturated rings. The molecule has 1 saturated heterocycles. The number of nitrogens with one attached hydrogen (secondary N) is 4. The highest BCUT2D eigenvalue weighted by atomic mass is 16.4. The minimum absolute atomic E-state index is 0.303. The Morgan fingerprint density at radius 1 is 1.11 bits per heavy atom. The molecule has 0 aromatic carbocycles. The molecule has 1 rings (SSSR count). The van der Waals surface area contributed by atoms with Gasteiger partial charge in [-0.25, -0.2) is 4.79 Å². The van der Waals surface area contributed by atoms with E-state index in [1.54, 1.807) is 13.8 Å². The Bertz CT molecular complexity index is 550. The average molecular weight is 386 g/mol. The molecule has 1 aliphatic heterocycles. The predicted molar refractivity (Wildman–Crippen MR) is 96.7 cm³/mol. The van der Waals surface area contributed by atoms with Crippen molar-refractivity contribution in [2.45, 2.75) is 64.2 Å². The van der Waals surface area contributed by atoms with Crippen LogP contribution in [0.15, 0.2) is 0 Å². The number of carbonyl (C=O) groups is 4. The van der Waals surface area contributed by atoms with Gasteiger partial charge in [0.2, 0.25) is 17.7 Å². The summed E-state index contributed by atoms with van der Waals surface area (Å²) < 4.78 is 0. The fourth-order valence-electron chi connectivity index (χ4n) is 2.72. The molecule has 0 aromatic heterocycles. The maximum Gasteiger partial charge on any atom is 0.326 e. The summed E-state index contributed by atoms with van der Waals surface area (Å²) in [6, 6.07) is -3.69. The van der Waals surface area contributed by atoms with Crippen molar-refractivity contribution in [3.05, 3.63) is 0 Å². The lowest BCUT2D eigenvalue weighted by atomic mass is 9.99. The van der Waals surface area contributed by atoms with Crippen molar-refractivity contribution >= 4 is 23.7 Å². The third-order valence-corrected chi connectivity index (χ3v) is 4.72. The van der Waals surface area contributed by atoms with E-state index in [1.165, 1.54) is 6.92 Å². The van der Waals surface area contributed by atoms with Gasteiger partial charge in [-0.05, 0) is 32.2 Å². The summed E-state index contributed by atoms with van der Waals surface area (Å²) in [5, 5.41) is 28.9. The van der Waals surface area contributed by atoms with Crippen LogP contribution in [0.2, 0.25) is 0 Å². The number of carboxylic acids is 1. The van der Waals surface area contributed by atoms with Gasteiger partial charge in [0.25, 0.3) is 0 Å². The smallest absolute Gasteiger partial charge is 0.326 e. The second kappa shape index (κ2) is 10.8. The lowest BCUT2D eigenvalue weighted by molar-refractivity contribution is -0.144. The Kier molecular flexibility index (Phi) is 9.16. The Labute approximate surface area is 158 Å². The monoisotopic (exact) mass is 386 g/mol. The van der Waals surface area contributed by atoms with Gasteiger partial charge in [0.15, 0.2) is 0 Å². The standard InChI is InChI=1S/C17H30N4O6/c1-4-9(2)13(17(26)27)21-16(25)12(8-22)20-14(23)10(3)19-15(24)11-6-5-7-18-11/h9-13,18,22H,4-8H2,1-3H3,(H,19,24)(H,20,23)(H,21,25)(H,26,27). The van der Waals surface area contributed by atoms with Crippen LogP contribution >= 0.6 is 0 Å². The molecule has 0 aromatic rings. The second-order valence-electron chi connectivity index (χ2n) is 6.83. The van der Waals surface area contributed by atoms with Crippen LogP contribution in [0.5, 0.6) is 0 Å². The number of rotatable bonds is 10. The van der Waals surface area contributed by atoms with Gasteiger partial charge in [0.05, 0.1) is 12.6 Å². The minimum Gasteiger partial charge on any atom is -0.480 e. The van der Waals surface area contributed by atoms with Crippen molar-refractivity contribution in [3.63, 3.8) is 0 Å². The number of carboxylic acid groups (broad SMARTS) is 1. The van der Waals surface area contributed by atoms with Gasteiger partial charge in [0.1, 0.15) is 18.1 Å². The van der Waals surface area contributed by atoms with Gasteiger partial charge in [0, 0.05) is 0 Å². The third-order valence-electron chi connectivity index (χ3n) is 4.72. The number of amides is 3. The van der Waals surface area contributed by atoms with Crippen molar-refractivity contribution in [1.82, 2.24) is 21.3 Å². The van der Waals surface area contributed by atoms with E-state index in [9.17, 15) is 29.4 Å². The zero-order valence-electron chi connectivity index (χ0n) is 15.9. The fraction of sp³-hybridized carbons (Fsp3) is 0.765. The van der Waals surface area contributed by atoms with Crippen molar-refractivity contribution < 1.29 is 29.4 Å². The van der Waals surface area contributed by atoms with Crippen molar-refractivity contribution in [2.24, 2.45) is 5.92 Å². The number of aliphatic hydroxyl groups is 1. The Morgan fingerprint density at radius 2 is 1.78 bits per heavy atom. The molecule has 1 heterocycles. The zero-order valence-corrected chi connectivity index (χ0v) is 15.9. The molecule has 6 N–H and O–H groups in total. The van der Waals surface area contributed by atoms with Crippen molar-refractivity contribution in [3.8, 4) is 0 Å². The largest absolute Gasteiger partial charge is 0.480 e. The number of hydrogen-bond donors (Lipinski definition) is 6. The molecule has 0 spiro atoms. The van der Waals surface area contributed by atoms with E-state index in [2.05, 4.69) is 21.3 Å². The van der Waals surface area contributed by atoms with E-state index in [0.717, 1.165) is 13.0 Å². The van der Waals surface area contributed by atoms with Crippen molar-refractivity contribution in [2.75, 3.05) is 13.2 Å². The van der Waals surface area contributed by atoms with Crippen LogP contribution in [-0.4, -0.2) is 71.2 Å². The summed E-state index contributed by atoms with van der Waals surface area (Å²) in [5.74, 6) is -3.26. The molecule has 0 saturated carbocycles. The summed E-state index contributed by atoms with van der Waals surface area (Å²) >= 11 is 0. The summed E-state index contributed by atoms with van der Waals surface area (Å²) in [4.78, 5) is 47.8. The molecule has 5 atom stereocenters. The van der Waals surface area contributed by atoms with Crippen LogP contribution in [0.1, 0.15) is 40.0 Å². The Morgan fingerprint density at radius 3 is 2.26 bits per heavy atom. The topological polar surface area (TPSA) is 157 Å². The fourth-order valence-corrected chi connectivity index (χ4v) is 2.72. The number of aliphatic carboxylic acids is 1. The van der Waals surface area contributed by atoms with E-state index >= 15 is 0 Å². The molecular weight excluding hydrogens is 356 g/mol. The summed E-state index contributed by atoms with van der Waals surface area (Å²) in [6.45, 7) is 4.98. The van der Waals surface area contributed by atoms with Gasteiger partial charge < -0.3 is 31.5 Å². The summed E-state index contributed by atoms with van der Waals surface area (Å²) in [7, 11) is 0. The number of aliphatic hydroxyl groups excluding tert-OH is 1. The van der Waals surface area contributed by atoms with E-state index < -0.39 is 42.5 Å². The number of carbonyl (C=O) groups excluding carboxylic acids is 3. The van der Waals surface area contributed by atoms with E-state index in [0.29, 0.717) is 12.8 Å². The molecule has 1 aliphatic rings. The number of hydrogen-bond acceptors (Lipinski definition) is 6. The van der Waals surface area contributed by atoms with E-state index in [1.807, 2.05) is 0 Å². The lowest BCUT2D eigenvalue weighted by Gasteiger charge is -2.24. The van der Waals surface area contributed by atoms with Crippen LogP contribution in [0.25, 0.3) is 0 Å². The molecule has 10 heteroatoms. The Hall–Kier alpha value is -2.20. The molecule has 0 radical (unpaired) electrons. The van der Waals surface area contributed by atoms with Gasteiger partial charge >= 0.3 is 5.97 Å². The SMILES string of the molecule is CCC(C)C(NC(=O)C(CO)NC(=O)C(C)NC(=O)C1CCCN1)C(=O)O. The highest BCUT2D eigenvalue weighted by Crippen LogP contribution is 2.08. The maximum atomic E-state index is 12.3. The van der Waals surface area contributed by atoms with Crippen LogP contribution in [0.3, 0.4) is 0 Å². The van der Waals surface area contributed by atoms with Crippen LogP contribution < -0.4 is 21.3 Å². The molecule has 0 bridgehead atoms. The van der Waals surface area contributed by atoms with Gasteiger partial charge in [-0.15, -0.1) is 0 Å². The first-order valence-electron chi connectivity index (χ1n) is 9.19. The van der Waals surface area contributed by atoms with Gasteiger partial charge in [-0.3, -0.25) is 14.4 Å². The molecule has 5 unspecified atom stereocenters. The first kappa shape index (κ1) is 22.8. The van der Waals surface area contributed by atoms with Crippen LogP contribution in [-0.2, 0) is 19.2 Å². The zero-order chi connectivity index (χ0) is 20.6. The molecule has 0 aliphatic carbocycles. The van der Waals surface area contributed by atoms with E-state index in [-0.39, 0.29) is 17.9 Å². The first-order chi connectivity index (χ1) is 12.7. The lowest BCUT2D eigenvalue weighted by Crippen LogP contribution is -2.58. The van der Waals surface area contributed by atoms with E-state index in [4.69, 9.17) is 0 Å². The highest BCUT2D eigenvalue weighted by molar-refractivity contribution is 5.94. The maximum absolute atomic E-state index is 12.3. The van der Waals surface area contributed by atoms with Crippen LogP contribution in [0, 0.1) is 5.92 Å². The minimum atomic E-state index is -1.31. The predicted octanol–water partition coefficient (Wildman–Crippen LogP) is -1.66. The van der Waals surface area contributed by atoms with Crippen molar-refractivity contribution in [1.29, 1.82) is 0 Å². The molecular formula is C17H30N4O6. The normalized spacial score (nSPS) is 20.8. The first-order valence-corrected chi connectivity index (χ1v) is 9.19. The second-order valence-corrected chi connectivity index (χ2v) is 6.83. The third kappa shape index (κ3) is 6.79. The van der Waals surface area contributed by atoms with Crippen LogP contribution in [0.4, 0.5) is 0 Å². The molecule has 3 amide bonds. The average Bonchev–Trinajstić information content (AvgIpc) is 3.17. The highest BCUT2D eigenvalue weighted by Gasteiger charge is 2.31. The van der Waals surface area contributed by atoms with Gasteiger partial charge in [-0.1, -0.05) is 20.3 Å².